The van der Waals surface area contributed by atoms with Crippen LogP contribution in [0.4, 0.5) is 0 Å². The van der Waals surface area contributed by atoms with E-state index in [2.05, 4.69) is 49.9 Å². The molecule has 1 unspecified atom stereocenters. The SMILES string of the molecule is CCN(CC1CCC1)C(CN)c1ccc(C(C)C)cc1. The molecule has 1 fully saturated rings. The molecule has 0 bridgehead atoms. The minimum Gasteiger partial charge on any atom is -0.329 e. The van der Waals surface area contributed by atoms with Gasteiger partial charge >= 0.3 is 0 Å². The number of nitrogens with zero attached hydrogens (tertiary/aromatic N) is 1. The summed E-state index contributed by atoms with van der Waals surface area (Å²) in [7, 11) is 0. The molecule has 2 N–H and O–H groups in total. The van der Waals surface area contributed by atoms with Gasteiger partial charge in [-0.25, -0.2) is 0 Å². The summed E-state index contributed by atoms with van der Waals surface area (Å²) in [6.45, 7) is 9.74. The Hall–Kier alpha value is -0.860. The monoisotopic (exact) mass is 274 g/mol. The molecule has 1 aliphatic rings. The number of nitrogens with two attached hydrogens (primary N) is 1. The summed E-state index contributed by atoms with van der Waals surface area (Å²) in [5, 5.41) is 0. The fourth-order valence-electron chi connectivity index (χ4n) is 3.08. The second-order valence-electron chi connectivity index (χ2n) is 6.46. The molecule has 2 nitrogen and oxygen atoms in total. The Morgan fingerprint density at radius 1 is 1.15 bits per heavy atom. The highest BCUT2D eigenvalue weighted by Crippen LogP contribution is 2.30. The van der Waals surface area contributed by atoms with Crippen molar-refractivity contribution in [2.24, 2.45) is 11.7 Å². The summed E-state index contributed by atoms with van der Waals surface area (Å²) in [6.07, 6.45) is 4.22. The molecule has 0 aliphatic heterocycles. The van der Waals surface area contributed by atoms with Crippen LogP contribution in [0.3, 0.4) is 0 Å². The van der Waals surface area contributed by atoms with Crippen LogP contribution in [0.1, 0.15) is 63.1 Å². The van der Waals surface area contributed by atoms with Gasteiger partial charge in [0.05, 0.1) is 0 Å². The maximum Gasteiger partial charge on any atom is 0.0470 e. The molecule has 0 saturated heterocycles. The van der Waals surface area contributed by atoms with Gasteiger partial charge in [-0.2, -0.15) is 0 Å². The maximum atomic E-state index is 6.07. The first-order valence-electron chi connectivity index (χ1n) is 8.19. The summed E-state index contributed by atoms with van der Waals surface area (Å²) < 4.78 is 0. The van der Waals surface area contributed by atoms with E-state index in [0.717, 1.165) is 12.5 Å². The minimum absolute atomic E-state index is 0.377. The zero-order valence-electron chi connectivity index (χ0n) is 13.3. The Kier molecular flexibility index (Phi) is 5.62. The topological polar surface area (TPSA) is 29.3 Å². The molecule has 1 saturated carbocycles. The first kappa shape index (κ1) is 15.5. The van der Waals surface area contributed by atoms with Crippen molar-refractivity contribution < 1.29 is 0 Å². The molecule has 0 radical (unpaired) electrons. The van der Waals surface area contributed by atoms with Gasteiger partial charge in [0.1, 0.15) is 0 Å². The van der Waals surface area contributed by atoms with E-state index < -0.39 is 0 Å². The smallest absolute Gasteiger partial charge is 0.0470 e. The van der Waals surface area contributed by atoms with Gasteiger partial charge in [-0.15, -0.1) is 0 Å². The van der Waals surface area contributed by atoms with Gasteiger partial charge in [0.15, 0.2) is 0 Å². The van der Waals surface area contributed by atoms with E-state index >= 15 is 0 Å². The molecule has 0 aromatic heterocycles. The summed E-state index contributed by atoms with van der Waals surface area (Å²) >= 11 is 0. The molecule has 0 heterocycles. The molecule has 20 heavy (non-hydrogen) atoms. The van der Waals surface area contributed by atoms with E-state index in [1.807, 2.05) is 0 Å². The number of likely N-dealkylation sites (N-methyl/N-ethyl adjacent to an activating group) is 1. The minimum atomic E-state index is 0.377. The summed E-state index contributed by atoms with van der Waals surface area (Å²) in [4.78, 5) is 2.56. The Labute approximate surface area is 124 Å². The zero-order chi connectivity index (χ0) is 14.5. The number of hydrogen-bond acceptors (Lipinski definition) is 2. The molecular formula is C18H30N2. The largest absolute Gasteiger partial charge is 0.329 e. The number of rotatable bonds is 7. The van der Waals surface area contributed by atoms with Crippen LogP contribution >= 0.6 is 0 Å². The van der Waals surface area contributed by atoms with Crippen molar-refractivity contribution in [3.63, 3.8) is 0 Å². The first-order valence-corrected chi connectivity index (χ1v) is 8.19. The van der Waals surface area contributed by atoms with Gasteiger partial charge < -0.3 is 5.73 Å². The normalized spacial score (nSPS) is 17.5. The first-order chi connectivity index (χ1) is 9.65. The van der Waals surface area contributed by atoms with Crippen LogP contribution < -0.4 is 5.73 Å². The highest BCUT2D eigenvalue weighted by Gasteiger charge is 2.24. The lowest BCUT2D eigenvalue weighted by Crippen LogP contribution is -2.38. The molecule has 112 valence electrons. The molecule has 0 spiro atoms. The highest BCUT2D eigenvalue weighted by molar-refractivity contribution is 5.27. The number of benzene rings is 1. The summed E-state index contributed by atoms with van der Waals surface area (Å²) in [5.74, 6) is 1.50. The van der Waals surface area contributed by atoms with Gasteiger partial charge in [-0.1, -0.05) is 51.5 Å². The lowest BCUT2D eigenvalue weighted by molar-refractivity contribution is 0.141. The van der Waals surface area contributed by atoms with Crippen molar-refractivity contribution in [1.82, 2.24) is 4.90 Å². The van der Waals surface area contributed by atoms with Gasteiger partial charge in [0, 0.05) is 19.1 Å². The lowest BCUT2D eigenvalue weighted by Gasteiger charge is -2.36. The van der Waals surface area contributed by atoms with E-state index in [0.29, 0.717) is 18.5 Å². The molecule has 1 aliphatic carbocycles. The van der Waals surface area contributed by atoms with Crippen molar-refractivity contribution in [3.05, 3.63) is 35.4 Å². The predicted octanol–water partition coefficient (Wildman–Crippen LogP) is 3.93. The summed E-state index contributed by atoms with van der Waals surface area (Å²) in [6, 6.07) is 9.45. The third-order valence-electron chi connectivity index (χ3n) is 4.78. The Morgan fingerprint density at radius 3 is 2.15 bits per heavy atom. The fourth-order valence-corrected chi connectivity index (χ4v) is 3.08. The van der Waals surface area contributed by atoms with Crippen molar-refractivity contribution in [2.75, 3.05) is 19.6 Å². The van der Waals surface area contributed by atoms with Crippen LogP contribution in [0, 0.1) is 5.92 Å². The van der Waals surface area contributed by atoms with E-state index in [1.165, 1.54) is 36.9 Å². The molecule has 1 atom stereocenters. The average Bonchev–Trinajstić information content (AvgIpc) is 2.41. The highest BCUT2D eigenvalue weighted by atomic mass is 15.2. The van der Waals surface area contributed by atoms with Gasteiger partial charge in [-0.05, 0) is 42.3 Å². The van der Waals surface area contributed by atoms with Gasteiger partial charge in [-0.3, -0.25) is 4.90 Å². The number of hydrogen-bond donors (Lipinski definition) is 1. The zero-order valence-corrected chi connectivity index (χ0v) is 13.3. The van der Waals surface area contributed by atoms with Gasteiger partial charge in [0.2, 0.25) is 0 Å². The van der Waals surface area contributed by atoms with Crippen LogP contribution in [0.2, 0.25) is 0 Å². The van der Waals surface area contributed by atoms with Crippen molar-refractivity contribution in [1.29, 1.82) is 0 Å². The third-order valence-corrected chi connectivity index (χ3v) is 4.78. The average molecular weight is 274 g/mol. The Bertz CT molecular complexity index is 392. The lowest BCUT2D eigenvalue weighted by atomic mass is 9.84. The summed E-state index contributed by atoms with van der Waals surface area (Å²) in [5.41, 5.74) is 8.85. The van der Waals surface area contributed by atoms with E-state index in [4.69, 9.17) is 5.73 Å². The van der Waals surface area contributed by atoms with Crippen LogP contribution in [-0.4, -0.2) is 24.5 Å². The van der Waals surface area contributed by atoms with Crippen LogP contribution in [0.15, 0.2) is 24.3 Å². The van der Waals surface area contributed by atoms with Crippen LogP contribution in [0.25, 0.3) is 0 Å². The quantitative estimate of drug-likeness (QED) is 0.816. The second kappa shape index (κ2) is 7.24. The fraction of sp³-hybridized carbons (Fsp3) is 0.667. The molecule has 1 aromatic rings. The molecule has 1 aromatic carbocycles. The van der Waals surface area contributed by atoms with Crippen molar-refractivity contribution >= 4 is 0 Å². The van der Waals surface area contributed by atoms with Crippen molar-refractivity contribution in [2.45, 2.75) is 52.0 Å². The predicted molar refractivity (Wildman–Crippen MR) is 86.9 cm³/mol. The van der Waals surface area contributed by atoms with Crippen LogP contribution in [-0.2, 0) is 0 Å². The van der Waals surface area contributed by atoms with E-state index in [9.17, 15) is 0 Å². The third kappa shape index (κ3) is 3.62. The van der Waals surface area contributed by atoms with Gasteiger partial charge in [0.25, 0.3) is 0 Å². The standard InChI is InChI=1S/C18H30N2/c1-4-20(13-15-6-5-7-15)18(12-19)17-10-8-16(9-11-17)14(2)3/h8-11,14-15,18H,4-7,12-13,19H2,1-3H3. The Morgan fingerprint density at radius 2 is 1.75 bits per heavy atom. The second-order valence-corrected chi connectivity index (χ2v) is 6.46. The van der Waals surface area contributed by atoms with E-state index in [1.54, 1.807) is 0 Å². The molecule has 0 amide bonds. The van der Waals surface area contributed by atoms with Crippen LogP contribution in [0.5, 0.6) is 0 Å². The van der Waals surface area contributed by atoms with Crippen molar-refractivity contribution in [3.8, 4) is 0 Å². The molecular weight excluding hydrogens is 244 g/mol. The Balaban J connectivity index is 2.08. The maximum absolute atomic E-state index is 6.07. The molecule has 2 rings (SSSR count). The molecule has 2 heteroatoms. The van der Waals surface area contributed by atoms with E-state index in [-0.39, 0.29) is 0 Å².